The van der Waals surface area contributed by atoms with Crippen molar-refractivity contribution in [3.05, 3.63) is 59.7 Å². The second kappa shape index (κ2) is 6.47. The number of nitrogens with one attached hydrogen (secondary N) is 1. The number of nitrogens with zero attached hydrogens (tertiary/aromatic N) is 1. The molecule has 2 aromatic rings. The van der Waals surface area contributed by atoms with Gasteiger partial charge in [0.25, 0.3) is 0 Å². The van der Waals surface area contributed by atoms with E-state index in [1.807, 2.05) is 0 Å². The lowest BCUT2D eigenvalue weighted by molar-refractivity contribution is 0.749. The Kier molecular flexibility index (Phi) is 4.67. The first-order valence-electron chi connectivity index (χ1n) is 7.21. The lowest BCUT2D eigenvalue weighted by Gasteiger charge is -2.24. The highest BCUT2D eigenvalue weighted by Crippen LogP contribution is 2.29. The van der Waals surface area contributed by atoms with E-state index in [2.05, 4.69) is 86.7 Å². The van der Waals surface area contributed by atoms with Crippen LogP contribution in [0, 0.1) is 6.92 Å². The van der Waals surface area contributed by atoms with Gasteiger partial charge in [-0.1, -0.05) is 48.9 Å². The van der Waals surface area contributed by atoms with Crippen LogP contribution in [0.15, 0.2) is 48.5 Å². The first kappa shape index (κ1) is 14.4. The van der Waals surface area contributed by atoms with E-state index in [-0.39, 0.29) is 0 Å². The Labute approximate surface area is 122 Å². The fourth-order valence-electron chi connectivity index (χ4n) is 2.39. The van der Waals surface area contributed by atoms with E-state index in [4.69, 9.17) is 0 Å². The normalized spacial score (nSPS) is 12.0. The van der Waals surface area contributed by atoms with Gasteiger partial charge in [-0.25, -0.2) is 0 Å². The minimum Gasteiger partial charge on any atom is -0.377 e. The molecule has 2 nitrogen and oxygen atoms in total. The summed E-state index contributed by atoms with van der Waals surface area (Å²) in [5.41, 5.74) is 5.05. The Balaban J connectivity index is 2.24. The molecule has 0 aliphatic carbocycles. The fourth-order valence-corrected chi connectivity index (χ4v) is 2.39. The molecule has 0 heterocycles. The van der Waals surface area contributed by atoms with Crippen molar-refractivity contribution in [2.45, 2.75) is 26.3 Å². The largest absolute Gasteiger partial charge is 0.377 e. The molecule has 1 N–H and O–H groups in total. The molecule has 0 aliphatic rings. The number of para-hydroxylation sites is 2. The third-order valence-electron chi connectivity index (χ3n) is 3.60. The summed E-state index contributed by atoms with van der Waals surface area (Å²) in [5, 5.41) is 3.67. The molecule has 0 saturated carbocycles. The number of anilines is 2. The quantitative estimate of drug-likeness (QED) is 0.851. The molecule has 1 atom stereocenters. The maximum Gasteiger partial charge on any atom is 0.0596 e. The molecule has 2 aromatic carbocycles. The highest BCUT2D eigenvalue weighted by molar-refractivity contribution is 5.69. The molecule has 0 radical (unpaired) electrons. The Hall–Kier alpha value is -1.96. The van der Waals surface area contributed by atoms with Crippen molar-refractivity contribution < 1.29 is 0 Å². The van der Waals surface area contributed by atoms with Crippen LogP contribution in [0.3, 0.4) is 0 Å². The summed E-state index contributed by atoms with van der Waals surface area (Å²) in [6.07, 6.45) is 1.06. The Morgan fingerprint density at radius 2 is 1.65 bits per heavy atom. The number of aryl methyl sites for hydroxylation is 1. The molecular weight excluding hydrogens is 244 g/mol. The van der Waals surface area contributed by atoms with Crippen LogP contribution in [-0.2, 0) is 0 Å². The third-order valence-corrected chi connectivity index (χ3v) is 3.60. The highest BCUT2D eigenvalue weighted by Gasteiger charge is 2.11. The summed E-state index contributed by atoms with van der Waals surface area (Å²) in [6.45, 7) is 4.34. The van der Waals surface area contributed by atoms with E-state index in [1.54, 1.807) is 0 Å². The van der Waals surface area contributed by atoms with E-state index < -0.39 is 0 Å². The van der Waals surface area contributed by atoms with Crippen LogP contribution in [0.4, 0.5) is 11.4 Å². The Morgan fingerprint density at radius 1 is 1.00 bits per heavy atom. The first-order chi connectivity index (χ1) is 9.61. The van der Waals surface area contributed by atoms with Gasteiger partial charge < -0.3 is 10.2 Å². The Bertz CT molecular complexity index is 544. The van der Waals surface area contributed by atoms with Crippen molar-refractivity contribution in [1.29, 1.82) is 0 Å². The van der Waals surface area contributed by atoms with Gasteiger partial charge in [0, 0.05) is 14.1 Å². The van der Waals surface area contributed by atoms with Crippen molar-refractivity contribution in [3.63, 3.8) is 0 Å². The summed E-state index contributed by atoms with van der Waals surface area (Å²) in [6, 6.07) is 17.6. The van der Waals surface area contributed by atoms with Gasteiger partial charge in [0.05, 0.1) is 17.4 Å². The topological polar surface area (TPSA) is 15.3 Å². The van der Waals surface area contributed by atoms with Crippen molar-refractivity contribution >= 4 is 11.4 Å². The van der Waals surface area contributed by atoms with E-state index >= 15 is 0 Å². The van der Waals surface area contributed by atoms with Crippen LogP contribution in [0.25, 0.3) is 0 Å². The SMILES string of the molecule is CCC(Nc1ccccc1N(C)C)c1ccc(C)cc1. The predicted octanol–water partition coefficient (Wildman–Crippen LogP) is 4.62. The van der Waals surface area contributed by atoms with E-state index in [9.17, 15) is 0 Å². The van der Waals surface area contributed by atoms with Crippen LogP contribution in [0.2, 0.25) is 0 Å². The second-order valence-corrected chi connectivity index (χ2v) is 5.43. The number of hydrogen-bond donors (Lipinski definition) is 1. The lowest BCUT2D eigenvalue weighted by atomic mass is 10.0. The van der Waals surface area contributed by atoms with Gasteiger partial charge >= 0.3 is 0 Å². The molecule has 2 rings (SSSR count). The van der Waals surface area contributed by atoms with Crippen LogP contribution >= 0.6 is 0 Å². The average Bonchev–Trinajstić information content (AvgIpc) is 2.46. The predicted molar refractivity (Wildman–Crippen MR) is 88.6 cm³/mol. The van der Waals surface area contributed by atoms with Crippen LogP contribution in [-0.4, -0.2) is 14.1 Å². The number of benzene rings is 2. The van der Waals surface area contributed by atoms with E-state index in [1.165, 1.54) is 22.5 Å². The molecule has 2 heteroatoms. The average molecular weight is 268 g/mol. The lowest BCUT2D eigenvalue weighted by Crippen LogP contribution is -2.15. The molecule has 0 aromatic heterocycles. The molecule has 1 unspecified atom stereocenters. The minimum absolute atomic E-state index is 0.344. The van der Waals surface area contributed by atoms with Crippen molar-refractivity contribution in [2.24, 2.45) is 0 Å². The fraction of sp³-hybridized carbons (Fsp3) is 0.333. The zero-order chi connectivity index (χ0) is 14.5. The molecule has 0 spiro atoms. The van der Waals surface area contributed by atoms with Crippen LogP contribution in [0.1, 0.15) is 30.5 Å². The standard InChI is InChI=1S/C18H24N2/c1-5-16(15-12-10-14(2)11-13-15)19-17-8-6-7-9-18(17)20(3)4/h6-13,16,19H,5H2,1-4H3. The second-order valence-electron chi connectivity index (χ2n) is 5.43. The molecule has 0 aliphatic heterocycles. The van der Waals surface area contributed by atoms with Gasteiger partial charge in [-0.15, -0.1) is 0 Å². The number of rotatable bonds is 5. The molecule has 0 saturated heterocycles. The molecule has 0 fully saturated rings. The van der Waals surface area contributed by atoms with Gasteiger partial charge in [-0.05, 0) is 31.0 Å². The van der Waals surface area contributed by atoms with Crippen LogP contribution in [0.5, 0.6) is 0 Å². The highest BCUT2D eigenvalue weighted by atomic mass is 15.1. The molecule has 20 heavy (non-hydrogen) atoms. The zero-order valence-corrected chi connectivity index (χ0v) is 12.9. The summed E-state index contributed by atoms with van der Waals surface area (Å²) in [4.78, 5) is 2.14. The maximum absolute atomic E-state index is 3.67. The van der Waals surface area contributed by atoms with Gasteiger partial charge in [-0.2, -0.15) is 0 Å². The summed E-state index contributed by atoms with van der Waals surface area (Å²) >= 11 is 0. The summed E-state index contributed by atoms with van der Waals surface area (Å²) in [7, 11) is 4.15. The third kappa shape index (κ3) is 3.32. The van der Waals surface area contributed by atoms with E-state index in [0.29, 0.717) is 6.04 Å². The van der Waals surface area contributed by atoms with Crippen molar-refractivity contribution in [1.82, 2.24) is 0 Å². The van der Waals surface area contributed by atoms with Gasteiger partial charge in [0.1, 0.15) is 0 Å². The smallest absolute Gasteiger partial charge is 0.0596 e. The monoisotopic (exact) mass is 268 g/mol. The van der Waals surface area contributed by atoms with Gasteiger partial charge in [-0.3, -0.25) is 0 Å². The Morgan fingerprint density at radius 3 is 2.25 bits per heavy atom. The van der Waals surface area contributed by atoms with Crippen molar-refractivity contribution in [3.8, 4) is 0 Å². The molecule has 0 bridgehead atoms. The molecule has 0 amide bonds. The van der Waals surface area contributed by atoms with Gasteiger partial charge in [0.15, 0.2) is 0 Å². The maximum atomic E-state index is 3.67. The molecule has 106 valence electrons. The summed E-state index contributed by atoms with van der Waals surface area (Å²) in [5.74, 6) is 0. The van der Waals surface area contributed by atoms with Crippen LogP contribution < -0.4 is 10.2 Å². The zero-order valence-electron chi connectivity index (χ0n) is 12.9. The minimum atomic E-state index is 0.344. The van der Waals surface area contributed by atoms with Crippen molar-refractivity contribution in [2.75, 3.05) is 24.3 Å². The number of hydrogen-bond acceptors (Lipinski definition) is 2. The first-order valence-corrected chi connectivity index (χ1v) is 7.21. The molecular formula is C18H24N2. The summed E-state index contributed by atoms with van der Waals surface area (Å²) < 4.78 is 0. The van der Waals surface area contributed by atoms with Gasteiger partial charge in [0.2, 0.25) is 0 Å². The van der Waals surface area contributed by atoms with E-state index in [0.717, 1.165) is 6.42 Å².